The lowest BCUT2D eigenvalue weighted by molar-refractivity contribution is 0.351. The minimum Gasteiger partial charge on any atom is -0.339 e. The molecule has 0 fully saturated rings. The summed E-state index contributed by atoms with van der Waals surface area (Å²) in [7, 11) is 0. The van der Waals surface area contributed by atoms with Crippen molar-refractivity contribution in [1.82, 2.24) is 10.1 Å². The van der Waals surface area contributed by atoms with Gasteiger partial charge in [-0.15, -0.1) is 0 Å². The fourth-order valence-corrected chi connectivity index (χ4v) is 1.56. The zero-order chi connectivity index (χ0) is 12.3. The molecule has 0 aliphatic rings. The first-order valence-electron chi connectivity index (χ1n) is 5.54. The molecule has 1 aromatic heterocycles. The third kappa shape index (κ3) is 2.50. The summed E-state index contributed by atoms with van der Waals surface area (Å²) in [5, 5.41) is 3.87. The molecule has 4 nitrogen and oxygen atoms in total. The number of nitrogens with zero attached hydrogens (tertiary/aromatic N) is 2. The van der Waals surface area contributed by atoms with Gasteiger partial charge in [-0.2, -0.15) is 4.98 Å². The first kappa shape index (κ1) is 11.7. The molecule has 90 valence electrons. The van der Waals surface area contributed by atoms with Crippen molar-refractivity contribution in [2.45, 2.75) is 19.3 Å². The minimum absolute atomic E-state index is 0.0803. The number of rotatable bonds is 4. The van der Waals surface area contributed by atoms with Gasteiger partial charge < -0.3 is 10.3 Å². The van der Waals surface area contributed by atoms with Crippen LogP contribution in [0, 0.1) is 5.82 Å². The fourth-order valence-electron chi connectivity index (χ4n) is 1.56. The molecule has 0 amide bonds. The third-order valence-corrected chi connectivity index (χ3v) is 2.67. The van der Waals surface area contributed by atoms with Crippen molar-refractivity contribution >= 4 is 0 Å². The zero-order valence-electron chi connectivity index (χ0n) is 9.56. The highest BCUT2D eigenvalue weighted by atomic mass is 19.1. The molecule has 2 rings (SSSR count). The normalized spacial score (nSPS) is 12.6. The summed E-state index contributed by atoms with van der Waals surface area (Å²) in [5.74, 6) is 0.795. The van der Waals surface area contributed by atoms with E-state index in [1.54, 1.807) is 12.1 Å². The highest BCUT2D eigenvalue weighted by Crippen LogP contribution is 2.21. The van der Waals surface area contributed by atoms with Crippen LogP contribution in [0.5, 0.6) is 0 Å². The number of hydrogen-bond donors (Lipinski definition) is 1. The van der Waals surface area contributed by atoms with Crippen LogP contribution in [0.15, 0.2) is 28.8 Å². The van der Waals surface area contributed by atoms with Gasteiger partial charge >= 0.3 is 0 Å². The van der Waals surface area contributed by atoms with Crippen LogP contribution in [-0.4, -0.2) is 16.7 Å². The maximum absolute atomic E-state index is 12.8. The SMILES string of the molecule is CCC(CN)c1nc(-c2ccc(F)cc2)no1. The van der Waals surface area contributed by atoms with E-state index in [1.165, 1.54) is 12.1 Å². The molecule has 0 saturated carbocycles. The van der Waals surface area contributed by atoms with E-state index >= 15 is 0 Å². The van der Waals surface area contributed by atoms with Crippen LogP contribution < -0.4 is 5.73 Å². The molecule has 2 aromatic rings. The Balaban J connectivity index is 2.26. The average Bonchev–Trinajstić information content (AvgIpc) is 2.81. The van der Waals surface area contributed by atoms with Crippen molar-refractivity contribution < 1.29 is 8.91 Å². The van der Waals surface area contributed by atoms with Crippen molar-refractivity contribution in [2.75, 3.05) is 6.54 Å². The van der Waals surface area contributed by atoms with Gasteiger partial charge in [0.25, 0.3) is 0 Å². The van der Waals surface area contributed by atoms with Crippen molar-refractivity contribution in [2.24, 2.45) is 5.73 Å². The van der Waals surface area contributed by atoms with Gasteiger partial charge in [0.05, 0.1) is 5.92 Å². The van der Waals surface area contributed by atoms with Crippen LogP contribution in [0.2, 0.25) is 0 Å². The Bertz CT molecular complexity index is 477. The molecule has 0 aliphatic heterocycles. The van der Waals surface area contributed by atoms with E-state index in [9.17, 15) is 4.39 Å². The Morgan fingerprint density at radius 2 is 2.06 bits per heavy atom. The summed E-state index contributed by atoms with van der Waals surface area (Å²) in [5.41, 5.74) is 6.34. The smallest absolute Gasteiger partial charge is 0.231 e. The van der Waals surface area contributed by atoms with Gasteiger partial charge in [-0.1, -0.05) is 12.1 Å². The molecule has 0 spiro atoms. The van der Waals surface area contributed by atoms with E-state index in [4.69, 9.17) is 10.3 Å². The number of aromatic nitrogens is 2. The molecule has 0 saturated heterocycles. The van der Waals surface area contributed by atoms with E-state index in [-0.39, 0.29) is 11.7 Å². The Labute approximate surface area is 98.6 Å². The second-order valence-corrected chi connectivity index (χ2v) is 3.80. The molecule has 1 aromatic carbocycles. The zero-order valence-corrected chi connectivity index (χ0v) is 9.56. The molecular formula is C12H14FN3O. The van der Waals surface area contributed by atoms with Crippen molar-refractivity contribution in [3.8, 4) is 11.4 Å². The summed E-state index contributed by atoms with van der Waals surface area (Å²) in [6.07, 6.45) is 0.849. The topological polar surface area (TPSA) is 64.9 Å². The van der Waals surface area contributed by atoms with Gasteiger partial charge in [0, 0.05) is 12.1 Å². The molecule has 2 N–H and O–H groups in total. The average molecular weight is 235 g/mol. The lowest BCUT2D eigenvalue weighted by atomic mass is 10.1. The molecule has 1 atom stereocenters. The van der Waals surface area contributed by atoms with Gasteiger partial charge in [0.15, 0.2) is 0 Å². The Morgan fingerprint density at radius 3 is 2.65 bits per heavy atom. The minimum atomic E-state index is -0.286. The molecule has 1 unspecified atom stereocenters. The maximum Gasteiger partial charge on any atom is 0.231 e. The maximum atomic E-state index is 12.8. The molecular weight excluding hydrogens is 221 g/mol. The lowest BCUT2D eigenvalue weighted by Crippen LogP contribution is -2.11. The van der Waals surface area contributed by atoms with E-state index < -0.39 is 0 Å². The standard InChI is InChI=1S/C12H14FN3O/c1-2-8(7-14)12-15-11(16-17-12)9-3-5-10(13)6-4-9/h3-6,8H,2,7,14H2,1H3. The van der Waals surface area contributed by atoms with Crippen LogP contribution in [-0.2, 0) is 0 Å². The Kier molecular flexibility index (Phi) is 3.49. The predicted octanol–water partition coefficient (Wildman–Crippen LogP) is 2.33. The molecule has 1 heterocycles. The van der Waals surface area contributed by atoms with E-state index in [0.29, 0.717) is 18.3 Å². The van der Waals surface area contributed by atoms with Crippen molar-refractivity contribution in [3.05, 3.63) is 36.0 Å². The Morgan fingerprint density at radius 1 is 1.35 bits per heavy atom. The largest absolute Gasteiger partial charge is 0.339 e. The van der Waals surface area contributed by atoms with Gasteiger partial charge in [-0.25, -0.2) is 4.39 Å². The first-order valence-corrected chi connectivity index (χ1v) is 5.54. The molecule has 5 heteroatoms. The van der Waals surface area contributed by atoms with Crippen molar-refractivity contribution in [1.29, 1.82) is 0 Å². The van der Waals surface area contributed by atoms with Crippen molar-refractivity contribution in [3.63, 3.8) is 0 Å². The molecule has 0 bridgehead atoms. The van der Waals surface area contributed by atoms with Gasteiger partial charge in [0.2, 0.25) is 11.7 Å². The van der Waals surface area contributed by atoms with Gasteiger partial charge in [-0.3, -0.25) is 0 Å². The lowest BCUT2D eigenvalue weighted by Gasteiger charge is -2.04. The summed E-state index contributed by atoms with van der Waals surface area (Å²) in [6.45, 7) is 2.49. The molecule has 0 aliphatic carbocycles. The van der Waals surface area contributed by atoms with E-state index in [0.717, 1.165) is 12.0 Å². The van der Waals surface area contributed by atoms with Crippen LogP contribution in [0.25, 0.3) is 11.4 Å². The van der Waals surface area contributed by atoms with E-state index in [1.807, 2.05) is 6.92 Å². The number of hydrogen-bond acceptors (Lipinski definition) is 4. The van der Waals surface area contributed by atoms with Crippen LogP contribution in [0.3, 0.4) is 0 Å². The Hall–Kier alpha value is -1.75. The van der Waals surface area contributed by atoms with Gasteiger partial charge in [0.1, 0.15) is 5.82 Å². The van der Waals surface area contributed by atoms with E-state index in [2.05, 4.69) is 10.1 Å². The summed E-state index contributed by atoms with van der Waals surface area (Å²) < 4.78 is 17.9. The monoisotopic (exact) mass is 235 g/mol. The summed E-state index contributed by atoms with van der Waals surface area (Å²) >= 11 is 0. The number of nitrogens with two attached hydrogens (primary N) is 1. The third-order valence-electron chi connectivity index (χ3n) is 2.67. The fraction of sp³-hybridized carbons (Fsp3) is 0.333. The van der Waals surface area contributed by atoms with Crippen LogP contribution in [0.4, 0.5) is 4.39 Å². The number of halogens is 1. The molecule has 0 radical (unpaired) electrons. The second-order valence-electron chi connectivity index (χ2n) is 3.80. The highest BCUT2D eigenvalue weighted by molar-refractivity contribution is 5.53. The second kappa shape index (κ2) is 5.05. The summed E-state index contributed by atoms with van der Waals surface area (Å²) in [6, 6.07) is 5.97. The predicted molar refractivity (Wildman–Crippen MR) is 61.8 cm³/mol. The molecule has 17 heavy (non-hydrogen) atoms. The quantitative estimate of drug-likeness (QED) is 0.883. The summed E-state index contributed by atoms with van der Waals surface area (Å²) in [4.78, 5) is 4.27. The van der Waals surface area contributed by atoms with Crippen LogP contribution >= 0.6 is 0 Å². The highest BCUT2D eigenvalue weighted by Gasteiger charge is 2.16. The van der Waals surface area contributed by atoms with Crippen LogP contribution in [0.1, 0.15) is 25.2 Å². The first-order chi connectivity index (χ1) is 8.24. The number of benzene rings is 1. The van der Waals surface area contributed by atoms with Gasteiger partial charge in [-0.05, 0) is 30.7 Å².